The maximum atomic E-state index is 13.0. The minimum atomic E-state index is -0.414. The summed E-state index contributed by atoms with van der Waals surface area (Å²) in [6, 6.07) is 13.7. The molecule has 2 aromatic rings. The molecule has 7 nitrogen and oxygen atoms in total. The number of carbonyl (C=O) groups excluding carboxylic acids is 2. The minimum Gasteiger partial charge on any atom is -0.488 e. The van der Waals surface area contributed by atoms with Crippen molar-refractivity contribution < 1.29 is 19.5 Å². The normalized spacial score (nSPS) is 14.5. The molecule has 1 saturated carbocycles. The molecule has 0 aliphatic heterocycles. The molecule has 1 aliphatic carbocycles. The Labute approximate surface area is 194 Å². The second kappa shape index (κ2) is 12.2. The summed E-state index contributed by atoms with van der Waals surface area (Å²) in [5, 5.41) is 21.8. The molecule has 0 radical (unpaired) electrons. The Morgan fingerprint density at radius 2 is 1.94 bits per heavy atom. The molecular weight excluding hydrogens is 418 g/mol. The quantitative estimate of drug-likeness (QED) is 0.118. The number of rotatable bonds is 13. The number of unbranched alkanes of at least 4 members (excludes halogenated alkanes) is 2. The van der Waals surface area contributed by atoms with E-state index in [1.54, 1.807) is 5.48 Å². The summed E-state index contributed by atoms with van der Waals surface area (Å²) in [5.74, 6) is 0.503. The number of benzene rings is 2. The molecule has 1 aliphatic rings. The van der Waals surface area contributed by atoms with Gasteiger partial charge in [-0.05, 0) is 56.4 Å². The SMILES string of the molecule is CC(CC(=N)C1CC1)NC(=O)/C(=C/CCCCC(=O)NO)COc1cccc2ccccc12. The first-order valence-corrected chi connectivity index (χ1v) is 11.6. The molecule has 33 heavy (non-hydrogen) atoms. The lowest BCUT2D eigenvalue weighted by atomic mass is 10.1. The molecule has 3 rings (SSSR count). The van der Waals surface area contributed by atoms with Gasteiger partial charge >= 0.3 is 0 Å². The van der Waals surface area contributed by atoms with E-state index in [0.717, 1.165) is 29.4 Å². The van der Waals surface area contributed by atoms with Crippen LogP contribution in [0.2, 0.25) is 0 Å². The fraction of sp³-hybridized carbons (Fsp3) is 0.423. The van der Waals surface area contributed by atoms with Crippen LogP contribution in [0.3, 0.4) is 0 Å². The van der Waals surface area contributed by atoms with Crippen LogP contribution in [0, 0.1) is 11.3 Å². The molecule has 1 unspecified atom stereocenters. The third-order valence-corrected chi connectivity index (χ3v) is 5.77. The smallest absolute Gasteiger partial charge is 0.250 e. The van der Waals surface area contributed by atoms with E-state index in [0.29, 0.717) is 42.9 Å². The van der Waals surface area contributed by atoms with E-state index in [1.165, 1.54) is 0 Å². The van der Waals surface area contributed by atoms with Crippen LogP contribution in [-0.4, -0.2) is 35.4 Å². The zero-order valence-corrected chi connectivity index (χ0v) is 19.1. The predicted octanol–water partition coefficient (Wildman–Crippen LogP) is 4.54. The van der Waals surface area contributed by atoms with Crippen molar-refractivity contribution in [2.24, 2.45) is 5.92 Å². The Bertz CT molecular complexity index is 1010. The topological polar surface area (TPSA) is 112 Å². The summed E-state index contributed by atoms with van der Waals surface area (Å²) in [5.41, 5.74) is 2.87. The van der Waals surface area contributed by atoms with Crippen molar-refractivity contribution in [2.45, 2.75) is 57.9 Å². The zero-order chi connectivity index (χ0) is 23.6. The Morgan fingerprint density at radius 3 is 2.70 bits per heavy atom. The van der Waals surface area contributed by atoms with Crippen molar-refractivity contribution in [1.82, 2.24) is 10.8 Å². The molecule has 2 amide bonds. The van der Waals surface area contributed by atoms with Crippen molar-refractivity contribution >= 4 is 28.3 Å². The lowest BCUT2D eigenvalue weighted by Crippen LogP contribution is -2.36. The maximum Gasteiger partial charge on any atom is 0.250 e. The summed E-state index contributed by atoms with van der Waals surface area (Å²) < 4.78 is 6.06. The number of hydrogen-bond donors (Lipinski definition) is 4. The first kappa shape index (κ1) is 24.5. The molecule has 4 N–H and O–H groups in total. The van der Waals surface area contributed by atoms with Crippen LogP contribution in [0.4, 0.5) is 0 Å². The van der Waals surface area contributed by atoms with Gasteiger partial charge in [-0.15, -0.1) is 0 Å². The summed E-state index contributed by atoms with van der Waals surface area (Å²) in [7, 11) is 0. The number of amides is 2. The standard InChI is InChI=1S/C26H33N3O4/c1-18(16-23(27)20-14-15-20)28-26(31)21(9-3-2-4-13-25(30)29-32)17-33-24-12-7-10-19-8-5-6-11-22(19)24/h5-12,18,20,27,32H,2-4,13-17H2,1H3,(H,28,31)(H,29,30)/b21-9+,27-23?. The van der Waals surface area contributed by atoms with Gasteiger partial charge in [0.05, 0.1) is 5.57 Å². The Hall–Kier alpha value is -3.19. The highest BCUT2D eigenvalue weighted by Crippen LogP contribution is 2.31. The predicted molar refractivity (Wildman–Crippen MR) is 129 cm³/mol. The third kappa shape index (κ3) is 7.71. The van der Waals surface area contributed by atoms with Crippen molar-refractivity contribution in [3.05, 3.63) is 54.1 Å². The highest BCUT2D eigenvalue weighted by atomic mass is 16.5. The largest absolute Gasteiger partial charge is 0.488 e. The number of hydroxylamine groups is 1. The van der Waals surface area contributed by atoms with Crippen LogP contribution in [0.15, 0.2) is 54.1 Å². The number of nitrogens with one attached hydrogen (secondary N) is 3. The van der Waals surface area contributed by atoms with Crippen LogP contribution in [0.25, 0.3) is 10.8 Å². The molecule has 0 spiro atoms. The molecule has 0 heterocycles. The third-order valence-electron chi connectivity index (χ3n) is 5.77. The van der Waals surface area contributed by atoms with Crippen LogP contribution < -0.4 is 15.5 Å². The van der Waals surface area contributed by atoms with Crippen molar-refractivity contribution in [1.29, 1.82) is 5.41 Å². The summed E-state index contributed by atoms with van der Waals surface area (Å²) >= 11 is 0. The number of carbonyl (C=O) groups is 2. The molecule has 1 fully saturated rings. The fourth-order valence-electron chi connectivity index (χ4n) is 3.75. The van der Waals surface area contributed by atoms with Gasteiger partial charge in [0.1, 0.15) is 12.4 Å². The molecule has 0 aromatic heterocycles. The van der Waals surface area contributed by atoms with Crippen LogP contribution in [0.1, 0.15) is 51.9 Å². The first-order chi connectivity index (χ1) is 16.0. The van der Waals surface area contributed by atoms with Gasteiger partial charge < -0.3 is 15.5 Å². The lowest BCUT2D eigenvalue weighted by Gasteiger charge is -2.17. The number of allylic oxidation sites excluding steroid dienone is 1. The maximum absolute atomic E-state index is 13.0. The van der Waals surface area contributed by atoms with E-state index in [9.17, 15) is 9.59 Å². The number of ether oxygens (including phenoxy) is 1. The average Bonchev–Trinajstić information content (AvgIpc) is 3.66. The fourth-order valence-corrected chi connectivity index (χ4v) is 3.75. The van der Waals surface area contributed by atoms with Gasteiger partial charge in [-0.2, -0.15) is 0 Å². The molecule has 0 bridgehead atoms. The Kier molecular flexibility index (Phi) is 9.01. The van der Waals surface area contributed by atoms with Gasteiger partial charge in [0.25, 0.3) is 5.91 Å². The van der Waals surface area contributed by atoms with E-state index in [1.807, 2.05) is 55.5 Å². The lowest BCUT2D eigenvalue weighted by molar-refractivity contribution is -0.129. The van der Waals surface area contributed by atoms with Gasteiger partial charge in [-0.1, -0.05) is 42.5 Å². The molecule has 7 heteroatoms. The summed E-state index contributed by atoms with van der Waals surface area (Å²) in [6.07, 6.45) is 6.75. The second-order valence-corrected chi connectivity index (χ2v) is 8.65. The number of hydrogen-bond acceptors (Lipinski definition) is 5. The molecule has 176 valence electrons. The van der Waals surface area contributed by atoms with Gasteiger partial charge in [-0.25, -0.2) is 5.48 Å². The van der Waals surface area contributed by atoms with Crippen molar-refractivity contribution in [3.63, 3.8) is 0 Å². The highest BCUT2D eigenvalue weighted by molar-refractivity contribution is 5.95. The summed E-state index contributed by atoms with van der Waals surface area (Å²) in [6.45, 7) is 2.05. The molecule has 2 aromatic carbocycles. The van der Waals surface area contributed by atoms with E-state index in [-0.39, 0.29) is 25.0 Å². The van der Waals surface area contributed by atoms with Crippen LogP contribution in [0.5, 0.6) is 5.75 Å². The van der Waals surface area contributed by atoms with E-state index in [4.69, 9.17) is 15.4 Å². The zero-order valence-electron chi connectivity index (χ0n) is 19.1. The van der Waals surface area contributed by atoms with E-state index < -0.39 is 5.91 Å². The molecular formula is C26H33N3O4. The van der Waals surface area contributed by atoms with Crippen LogP contribution in [-0.2, 0) is 9.59 Å². The number of fused-ring (bicyclic) bond motifs is 1. The first-order valence-electron chi connectivity index (χ1n) is 11.6. The average molecular weight is 452 g/mol. The second-order valence-electron chi connectivity index (χ2n) is 8.65. The van der Waals surface area contributed by atoms with E-state index in [2.05, 4.69) is 5.32 Å². The summed E-state index contributed by atoms with van der Waals surface area (Å²) in [4.78, 5) is 24.2. The van der Waals surface area contributed by atoms with Gasteiger partial charge in [0, 0.05) is 30.0 Å². The Balaban J connectivity index is 1.63. The van der Waals surface area contributed by atoms with E-state index >= 15 is 0 Å². The van der Waals surface area contributed by atoms with Gasteiger partial charge in [0.15, 0.2) is 0 Å². The van der Waals surface area contributed by atoms with Crippen LogP contribution >= 0.6 is 0 Å². The monoisotopic (exact) mass is 451 g/mol. The van der Waals surface area contributed by atoms with Crippen molar-refractivity contribution in [2.75, 3.05) is 6.61 Å². The van der Waals surface area contributed by atoms with Crippen molar-refractivity contribution in [3.8, 4) is 5.75 Å². The Morgan fingerprint density at radius 1 is 1.18 bits per heavy atom. The minimum absolute atomic E-state index is 0.125. The van der Waals surface area contributed by atoms with Gasteiger partial charge in [-0.3, -0.25) is 14.8 Å². The molecule has 0 saturated heterocycles. The molecule has 1 atom stereocenters. The highest BCUT2D eigenvalue weighted by Gasteiger charge is 2.27. The van der Waals surface area contributed by atoms with Gasteiger partial charge in [0.2, 0.25) is 5.91 Å².